The summed E-state index contributed by atoms with van der Waals surface area (Å²) in [4.78, 5) is 2.19. The standard InChI is InChI=1S/C23H23F3N2O2/c1-30-20-7-2-5-17(22(20)29)15-28-14-4-13-27-12-3-6-19(27)21(28)16-8-10-18(11-9-16)23(24,25)26/h2-3,5-12,21,29H,4,13-15H2,1H3/t21-/m1/s1. The van der Waals surface area contributed by atoms with Gasteiger partial charge in [0.1, 0.15) is 0 Å². The molecule has 1 aliphatic rings. The molecule has 0 saturated heterocycles. The van der Waals surface area contributed by atoms with Gasteiger partial charge >= 0.3 is 6.18 Å². The van der Waals surface area contributed by atoms with Crippen LogP contribution in [0.15, 0.2) is 60.8 Å². The normalized spacial score (nSPS) is 17.4. The molecule has 158 valence electrons. The quantitative estimate of drug-likeness (QED) is 0.634. The zero-order valence-corrected chi connectivity index (χ0v) is 16.6. The third-order valence-corrected chi connectivity index (χ3v) is 5.58. The fourth-order valence-corrected chi connectivity index (χ4v) is 4.12. The van der Waals surface area contributed by atoms with Gasteiger partial charge in [-0.1, -0.05) is 24.3 Å². The first-order valence-electron chi connectivity index (χ1n) is 9.79. The Labute approximate surface area is 173 Å². The van der Waals surface area contributed by atoms with Crippen molar-refractivity contribution in [1.29, 1.82) is 0 Å². The summed E-state index contributed by atoms with van der Waals surface area (Å²) in [6.45, 7) is 2.02. The van der Waals surface area contributed by atoms with Gasteiger partial charge in [0, 0.05) is 37.1 Å². The van der Waals surface area contributed by atoms with Crippen molar-refractivity contribution >= 4 is 0 Å². The number of para-hydroxylation sites is 1. The minimum Gasteiger partial charge on any atom is -0.504 e. The van der Waals surface area contributed by atoms with Crippen molar-refractivity contribution in [3.05, 3.63) is 83.2 Å². The van der Waals surface area contributed by atoms with E-state index in [4.69, 9.17) is 4.74 Å². The number of aromatic hydroxyl groups is 1. The molecule has 1 aliphatic heterocycles. The number of benzene rings is 2. The lowest BCUT2D eigenvalue weighted by Crippen LogP contribution is -2.29. The summed E-state index contributed by atoms with van der Waals surface area (Å²) in [5, 5.41) is 10.5. The predicted molar refractivity (Wildman–Crippen MR) is 107 cm³/mol. The van der Waals surface area contributed by atoms with Crippen LogP contribution in [0.5, 0.6) is 11.5 Å². The van der Waals surface area contributed by atoms with Gasteiger partial charge in [-0.15, -0.1) is 0 Å². The van der Waals surface area contributed by atoms with E-state index in [9.17, 15) is 18.3 Å². The van der Waals surface area contributed by atoms with Crippen molar-refractivity contribution in [3.8, 4) is 11.5 Å². The van der Waals surface area contributed by atoms with E-state index < -0.39 is 11.7 Å². The molecule has 0 bridgehead atoms. The van der Waals surface area contributed by atoms with E-state index in [0.717, 1.165) is 42.9 Å². The molecule has 7 heteroatoms. The molecule has 1 N–H and O–H groups in total. The summed E-state index contributed by atoms with van der Waals surface area (Å²) in [5.74, 6) is 0.488. The predicted octanol–water partition coefficient (Wildman–Crippen LogP) is 5.22. The van der Waals surface area contributed by atoms with Gasteiger partial charge in [0.25, 0.3) is 0 Å². The molecule has 1 aromatic heterocycles. The van der Waals surface area contributed by atoms with E-state index >= 15 is 0 Å². The van der Waals surface area contributed by atoms with Crippen LogP contribution in [0.2, 0.25) is 0 Å². The van der Waals surface area contributed by atoms with E-state index in [2.05, 4.69) is 9.47 Å². The molecule has 2 heterocycles. The van der Waals surface area contributed by atoms with Crippen molar-refractivity contribution in [2.75, 3.05) is 13.7 Å². The summed E-state index contributed by atoms with van der Waals surface area (Å²) in [5.41, 5.74) is 1.86. The topological polar surface area (TPSA) is 37.6 Å². The van der Waals surface area contributed by atoms with Crippen molar-refractivity contribution in [1.82, 2.24) is 9.47 Å². The molecular weight excluding hydrogens is 393 g/mol. The summed E-state index contributed by atoms with van der Waals surface area (Å²) >= 11 is 0. The van der Waals surface area contributed by atoms with Gasteiger partial charge in [0.2, 0.25) is 0 Å². The average molecular weight is 416 g/mol. The van der Waals surface area contributed by atoms with Crippen molar-refractivity contribution in [2.45, 2.75) is 31.7 Å². The summed E-state index contributed by atoms with van der Waals surface area (Å²) in [6, 6.07) is 14.5. The van der Waals surface area contributed by atoms with E-state index in [1.54, 1.807) is 18.2 Å². The number of nitrogens with zero attached hydrogens (tertiary/aromatic N) is 2. The Balaban J connectivity index is 1.73. The molecule has 0 aliphatic carbocycles. The van der Waals surface area contributed by atoms with Gasteiger partial charge in [0.05, 0.1) is 18.7 Å². The van der Waals surface area contributed by atoms with E-state index in [1.165, 1.54) is 7.11 Å². The smallest absolute Gasteiger partial charge is 0.416 e. The summed E-state index contributed by atoms with van der Waals surface area (Å²) < 4.78 is 46.5. The van der Waals surface area contributed by atoms with Crippen molar-refractivity contribution in [2.24, 2.45) is 0 Å². The second-order valence-corrected chi connectivity index (χ2v) is 7.44. The number of methoxy groups -OCH3 is 1. The number of rotatable bonds is 4. The monoisotopic (exact) mass is 416 g/mol. The first-order chi connectivity index (χ1) is 14.4. The molecule has 4 nitrogen and oxygen atoms in total. The second kappa shape index (κ2) is 8.07. The highest BCUT2D eigenvalue weighted by Gasteiger charge is 2.32. The van der Waals surface area contributed by atoms with Crippen LogP contribution in [0.3, 0.4) is 0 Å². The highest BCUT2D eigenvalue weighted by atomic mass is 19.4. The Morgan fingerprint density at radius 2 is 1.80 bits per heavy atom. The van der Waals surface area contributed by atoms with Gasteiger partial charge in [-0.05, 0) is 42.3 Å². The SMILES string of the molecule is COc1cccc(CN2CCCn3cccc3[C@H]2c2ccc(C(F)(F)F)cc2)c1O. The zero-order valence-electron chi connectivity index (χ0n) is 16.6. The van der Waals surface area contributed by atoms with Gasteiger partial charge in [-0.3, -0.25) is 4.90 Å². The summed E-state index contributed by atoms with van der Waals surface area (Å²) in [7, 11) is 1.50. The Bertz CT molecular complexity index is 1010. The third kappa shape index (κ3) is 3.89. The van der Waals surface area contributed by atoms with Crippen molar-refractivity contribution in [3.63, 3.8) is 0 Å². The average Bonchev–Trinajstić information content (AvgIpc) is 3.10. The minimum absolute atomic E-state index is 0.0887. The molecule has 2 aromatic carbocycles. The lowest BCUT2D eigenvalue weighted by Gasteiger charge is -2.31. The molecule has 4 rings (SSSR count). The van der Waals surface area contributed by atoms with Crippen LogP contribution in [-0.4, -0.2) is 28.2 Å². The number of aromatic nitrogens is 1. The Morgan fingerprint density at radius 1 is 1.03 bits per heavy atom. The zero-order chi connectivity index (χ0) is 21.3. The molecule has 0 unspecified atom stereocenters. The molecule has 30 heavy (non-hydrogen) atoms. The fourth-order valence-electron chi connectivity index (χ4n) is 4.12. The van der Waals surface area contributed by atoms with Crippen LogP contribution in [0.4, 0.5) is 13.2 Å². The van der Waals surface area contributed by atoms with Crippen LogP contribution in [-0.2, 0) is 19.3 Å². The fraction of sp³-hybridized carbons (Fsp3) is 0.304. The Hall–Kier alpha value is -2.93. The number of hydrogen-bond acceptors (Lipinski definition) is 3. The highest BCUT2D eigenvalue weighted by Crippen LogP contribution is 2.37. The van der Waals surface area contributed by atoms with Gasteiger partial charge < -0.3 is 14.4 Å². The van der Waals surface area contributed by atoms with Crippen molar-refractivity contribution < 1.29 is 23.0 Å². The molecule has 0 saturated carbocycles. The van der Waals surface area contributed by atoms with Crippen LogP contribution < -0.4 is 4.74 Å². The van der Waals surface area contributed by atoms with Crippen LogP contribution in [0, 0.1) is 0 Å². The van der Waals surface area contributed by atoms with Gasteiger partial charge in [-0.2, -0.15) is 13.2 Å². The maximum absolute atomic E-state index is 13.0. The van der Waals surface area contributed by atoms with E-state index in [-0.39, 0.29) is 11.8 Å². The van der Waals surface area contributed by atoms with E-state index in [1.807, 2.05) is 30.5 Å². The number of alkyl halides is 3. The van der Waals surface area contributed by atoms with Gasteiger partial charge in [0.15, 0.2) is 11.5 Å². The Kier molecular flexibility index (Phi) is 5.47. The largest absolute Gasteiger partial charge is 0.504 e. The van der Waals surface area contributed by atoms with Crippen LogP contribution in [0.1, 0.15) is 34.8 Å². The molecule has 0 fully saturated rings. The number of hydrogen-bond donors (Lipinski definition) is 1. The third-order valence-electron chi connectivity index (χ3n) is 5.58. The minimum atomic E-state index is -4.37. The molecule has 0 amide bonds. The first-order valence-corrected chi connectivity index (χ1v) is 9.79. The Morgan fingerprint density at radius 3 is 2.50 bits per heavy atom. The lowest BCUT2D eigenvalue weighted by atomic mass is 9.99. The maximum Gasteiger partial charge on any atom is 0.416 e. The highest BCUT2D eigenvalue weighted by molar-refractivity contribution is 5.45. The number of phenolic OH excluding ortho intramolecular Hbond substituents is 1. The molecular formula is C23H23F3N2O2. The number of fused-ring (bicyclic) bond motifs is 1. The first kappa shape index (κ1) is 20.3. The maximum atomic E-state index is 13.0. The lowest BCUT2D eigenvalue weighted by molar-refractivity contribution is -0.137. The van der Waals surface area contributed by atoms with E-state index in [0.29, 0.717) is 17.9 Å². The molecule has 0 radical (unpaired) electrons. The van der Waals surface area contributed by atoms with Crippen LogP contribution >= 0.6 is 0 Å². The molecule has 0 spiro atoms. The molecule has 3 aromatic rings. The number of phenols is 1. The number of ether oxygens (including phenoxy) is 1. The van der Waals surface area contributed by atoms with Crippen LogP contribution in [0.25, 0.3) is 0 Å². The summed E-state index contributed by atoms with van der Waals surface area (Å²) in [6.07, 6.45) is -1.48. The number of aryl methyl sites for hydroxylation is 1. The molecule has 1 atom stereocenters. The number of halogens is 3. The second-order valence-electron chi connectivity index (χ2n) is 7.44. The van der Waals surface area contributed by atoms with Gasteiger partial charge in [-0.25, -0.2) is 0 Å².